The molecule has 1 aliphatic heterocycles. The van der Waals surface area contributed by atoms with Crippen LogP contribution in [0.4, 0.5) is 11.4 Å². The number of amides is 1. The maximum absolute atomic E-state index is 12.7. The van der Waals surface area contributed by atoms with Gasteiger partial charge < -0.3 is 9.52 Å². The van der Waals surface area contributed by atoms with Crippen LogP contribution in [-0.2, 0) is 4.79 Å². The molecular formula is C23H17N3O6S. The molecular weight excluding hydrogens is 446 g/mol. The van der Waals surface area contributed by atoms with Crippen LogP contribution in [-0.4, -0.2) is 39.0 Å². The highest BCUT2D eigenvalue weighted by Gasteiger charge is 2.31. The van der Waals surface area contributed by atoms with Gasteiger partial charge in [0, 0.05) is 19.2 Å². The first kappa shape index (κ1) is 22.0. The minimum absolute atomic E-state index is 0.0624. The van der Waals surface area contributed by atoms with Gasteiger partial charge in [-0.05, 0) is 60.6 Å². The second kappa shape index (κ2) is 8.75. The summed E-state index contributed by atoms with van der Waals surface area (Å²) in [5, 5.41) is 20.9. The average Bonchev–Trinajstić information content (AvgIpc) is 3.34. The van der Waals surface area contributed by atoms with Crippen LogP contribution < -0.4 is 0 Å². The smallest absolute Gasteiger partial charge is 0.335 e. The third-order valence-electron chi connectivity index (χ3n) is 4.84. The Labute approximate surface area is 192 Å². The maximum Gasteiger partial charge on any atom is 0.335 e. The predicted molar refractivity (Wildman–Crippen MR) is 124 cm³/mol. The molecule has 1 saturated heterocycles. The Morgan fingerprint density at radius 2 is 2.00 bits per heavy atom. The zero-order chi connectivity index (χ0) is 23.7. The van der Waals surface area contributed by atoms with Gasteiger partial charge in [-0.3, -0.25) is 19.8 Å². The number of benzene rings is 2. The van der Waals surface area contributed by atoms with Gasteiger partial charge in [0.2, 0.25) is 0 Å². The van der Waals surface area contributed by atoms with Crippen molar-refractivity contribution in [2.24, 2.45) is 4.99 Å². The van der Waals surface area contributed by atoms with Gasteiger partial charge in [-0.15, -0.1) is 0 Å². The van der Waals surface area contributed by atoms with Crippen molar-refractivity contribution in [2.75, 3.05) is 7.05 Å². The summed E-state index contributed by atoms with van der Waals surface area (Å²) in [7, 11) is 1.57. The molecule has 3 aromatic rings. The van der Waals surface area contributed by atoms with E-state index >= 15 is 0 Å². The zero-order valence-corrected chi connectivity index (χ0v) is 18.3. The minimum atomic E-state index is -1.07. The molecule has 1 fully saturated rings. The van der Waals surface area contributed by atoms with Crippen LogP contribution in [0.3, 0.4) is 0 Å². The molecule has 9 nitrogen and oxygen atoms in total. The Bertz CT molecular complexity index is 1360. The fourth-order valence-electron chi connectivity index (χ4n) is 3.18. The van der Waals surface area contributed by atoms with E-state index in [4.69, 9.17) is 9.52 Å². The lowest BCUT2D eigenvalue weighted by atomic mass is 10.1. The van der Waals surface area contributed by atoms with Gasteiger partial charge in [-0.25, -0.2) is 9.79 Å². The molecule has 2 aromatic carbocycles. The van der Waals surface area contributed by atoms with Crippen LogP contribution in [0, 0.1) is 17.0 Å². The third-order valence-corrected chi connectivity index (χ3v) is 5.90. The van der Waals surface area contributed by atoms with Crippen molar-refractivity contribution in [3.63, 3.8) is 0 Å². The molecule has 1 N–H and O–H groups in total. The number of aryl methyl sites for hydroxylation is 1. The molecule has 33 heavy (non-hydrogen) atoms. The summed E-state index contributed by atoms with van der Waals surface area (Å²) in [6, 6.07) is 14.2. The highest BCUT2D eigenvalue weighted by molar-refractivity contribution is 8.18. The number of nitrogens with zero attached hydrogens (tertiary/aromatic N) is 3. The Morgan fingerprint density at radius 1 is 1.21 bits per heavy atom. The second-order valence-corrected chi connectivity index (χ2v) is 8.21. The number of likely N-dealkylation sites (N-methyl/N-ethyl adjacent to an activating group) is 1. The molecule has 0 spiro atoms. The number of rotatable bonds is 5. The van der Waals surface area contributed by atoms with Gasteiger partial charge in [0.05, 0.1) is 26.6 Å². The second-order valence-electron chi connectivity index (χ2n) is 7.20. The van der Waals surface area contributed by atoms with Crippen molar-refractivity contribution in [1.82, 2.24) is 4.90 Å². The summed E-state index contributed by atoms with van der Waals surface area (Å²) in [6.07, 6.45) is 1.54. The van der Waals surface area contributed by atoms with Crippen LogP contribution in [0.5, 0.6) is 0 Å². The van der Waals surface area contributed by atoms with E-state index in [1.54, 1.807) is 56.4 Å². The van der Waals surface area contributed by atoms with E-state index in [2.05, 4.69) is 4.99 Å². The van der Waals surface area contributed by atoms with Crippen LogP contribution in [0.15, 0.2) is 68.9 Å². The van der Waals surface area contributed by atoms with Gasteiger partial charge in [0.25, 0.3) is 11.6 Å². The van der Waals surface area contributed by atoms with Crippen molar-refractivity contribution >= 4 is 46.3 Å². The molecule has 0 bridgehead atoms. The highest BCUT2D eigenvalue weighted by Crippen LogP contribution is 2.36. The van der Waals surface area contributed by atoms with Gasteiger partial charge in [0.15, 0.2) is 5.17 Å². The molecule has 2 heterocycles. The first-order valence-corrected chi connectivity index (χ1v) is 10.5. The van der Waals surface area contributed by atoms with Crippen molar-refractivity contribution in [1.29, 1.82) is 0 Å². The summed E-state index contributed by atoms with van der Waals surface area (Å²) in [5.41, 5.74) is 1.55. The number of hydrogen-bond donors (Lipinski definition) is 1. The summed E-state index contributed by atoms with van der Waals surface area (Å²) in [6.45, 7) is 1.77. The fourth-order valence-corrected chi connectivity index (χ4v) is 4.14. The Kier molecular flexibility index (Phi) is 5.84. The van der Waals surface area contributed by atoms with Crippen molar-refractivity contribution in [3.8, 4) is 11.3 Å². The molecule has 0 aliphatic carbocycles. The number of carboxylic acid groups (broad SMARTS) is 1. The van der Waals surface area contributed by atoms with Gasteiger partial charge in [0.1, 0.15) is 11.5 Å². The Hall–Kier alpha value is -4.18. The Morgan fingerprint density at radius 3 is 2.73 bits per heavy atom. The number of carbonyl (C=O) groups excluding carboxylic acids is 1. The number of amidine groups is 1. The lowest BCUT2D eigenvalue weighted by molar-refractivity contribution is -0.384. The molecule has 0 unspecified atom stereocenters. The van der Waals surface area contributed by atoms with Crippen molar-refractivity contribution < 1.29 is 24.0 Å². The summed E-state index contributed by atoms with van der Waals surface area (Å²) < 4.78 is 5.77. The number of aliphatic imine (C=N–C) groups is 1. The molecule has 1 amide bonds. The number of thioether (sulfide) groups is 1. The molecule has 1 aromatic heterocycles. The van der Waals surface area contributed by atoms with Crippen LogP contribution in [0.1, 0.15) is 21.7 Å². The zero-order valence-electron chi connectivity index (χ0n) is 17.5. The quantitative estimate of drug-likeness (QED) is 0.317. The monoisotopic (exact) mass is 463 g/mol. The lowest BCUT2D eigenvalue weighted by Gasteiger charge is -2.07. The summed E-state index contributed by atoms with van der Waals surface area (Å²) >= 11 is 1.12. The van der Waals surface area contributed by atoms with E-state index in [-0.39, 0.29) is 17.2 Å². The predicted octanol–water partition coefficient (Wildman–Crippen LogP) is 5.10. The largest absolute Gasteiger partial charge is 0.478 e. The van der Waals surface area contributed by atoms with Crippen LogP contribution in [0.25, 0.3) is 17.4 Å². The number of hydrogen-bond acceptors (Lipinski definition) is 7. The van der Waals surface area contributed by atoms with Crippen LogP contribution in [0.2, 0.25) is 0 Å². The fraction of sp³-hybridized carbons (Fsp3) is 0.0870. The van der Waals surface area contributed by atoms with E-state index < -0.39 is 10.9 Å². The van der Waals surface area contributed by atoms with Crippen molar-refractivity contribution in [3.05, 3.63) is 86.5 Å². The van der Waals surface area contributed by atoms with Gasteiger partial charge in [-0.1, -0.05) is 12.1 Å². The topological polar surface area (TPSA) is 126 Å². The summed E-state index contributed by atoms with van der Waals surface area (Å²) in [4.78, 5) is 40.9. The average molecular weight is 463 g/mol. The first-order chi connectivity index (χ1) is 15.7. The molecule has 10 heteroatoms. The van der Waals surface area contributed by atoms with E-state index in [1.165, 1.54) is 23.1 Å². The Balaban J connectivity index is 1.62. The number of aromatic carboxylic acids is 1. The standard InChI is InChI=1S/C23H17N3O6S/c1-13-6-8-17(18(10-13)26(30)31)19-9-7-16(32-19)12-20-21(27)25(2)23(33-20)24-15-5-3-4-14(11-15)22(28)29/h3-12H,1-2H3,(H,28,29)/b20-12+,24-23?. The number of furan rings is 1. The third kappa shape index (κ3) is 4.55. The van der Waals surface area contributed by atoms with E-state index in [0.29, 0.717) is 32.8 Å². The van der Waals surface area contributed by atoms with E-state index in [9.17, 15) is 19.7 Å². The number of carboxylic acids is 1. The normalized spacial score (nSPS) is 16.1. The highest BCUT2D eigenvalue weighted by atomic mass is 32.2. The summed E-state index contributed by atoms with van der Waals surface area (Å²) in [5.74, 6) is -0.689. The van der Waals surface area contributed by atoms with Crippen molar-refractivity contribution in [2.45, 2.75) is 6.92 Å². The molecule has 1 aliphatic rings. The van der Waals surface area contributed by atoms with Gasteiger partial charge in [-0.2, -0.15) is 0 Å². The van der Waals surface area contributed by atoms with Crippen LogP contribution >= 0.6 is 11.8 Å². The molecule has 0 radical (unpaired) electrons. The molecule has 4 rings (SSSR count). The number of nitro benzene ring substituents is 1. The number of nitro groups is 1. The molecule has 0 saturated carbocycles. The first-order valence-electron chi connectivity index (χ1n) is 9.68. The number of carbonyl (C=O) groups is 2. The molecule has 0 atom stereocenters. The maximum atomic E-state index is 12.7. The van der Waals surface area contributed by atoms with E-state index in [0.717, 1.165) is 17.3 Å². The van der Waals surface area contributed by atoms with E-state index in [1.807, 2.05) is 0 Å². The molecule has 166 valence electrons. The lowest BCUT2D eigenvalue weighted by Crippen LogP contribution is -2.23. The minimum Gasteiger partial charge on any atom is -0.478 e. The van der Waals surface area contributed by atoms with Gasteiger partial charge >= 0.3 is 5.97 Å². The SMILES string of the molecule is Cc1ccc(-c2ccc(/C=C3/SC(=Nc4cccc(C(=O)O)c4)N(C)C3=O)o2)c([N+](=O)[O-])c1.